The molecule has 0 atom stereocenters. The van der Waals surface area contributed by atoms with Crippen molar-refractivity contribution in [3.63, 3.8) is 0 Å². The van der Waals surface area contributed by atoms with Crippen molar-refractivity contribution in [3.05, 3.63) is 41.2 Å². The summed E-state index contributed by atoms with van der Waals surface area (Å²) in [6.07, 6.45) is 3.66. The van der Waals surface area contributed by atoms with Gasteiger partial charge in [0.15, 0.2) is 0 Å². The lowest BCUT2D eigenvalue weighted by atomic mass is 10.1. The first kappa shape index (κ1) is 12.7. The fourth-order valence-electron chi connectivity index (χ4n) is 2.53. The Morgan fingerprint density at radius 1 is 1.50 bits per heavy atom. The predicted molar refractivity (Wildman–Crippen MR) is 79.2 cm³/mol. The summed E-state index contributed by atoms with van der Waals surface area (Å²) in [6.45, 7) is 2.97. The Hall–Kier alpha value is -2.30. The highest BCUT2D eigenvalue weighted by Gasteiger charge is 2.15. The number of fused-ring (bicyclic) bond motifs is 1. The monoisotopic (exact) mass is 270 g/mol. The third-order valence-corrected chi connectivity index (χ3v) is 3.57. The molecule has 0 unspecified atom stereocenters. The van der Waals surface area contributed by atoms with Gasteiger partial charge in [-0.15, -0.1) is 0 Å². The molecule has 2 N–H and O–H groups in total. The zero-order valence-electron chi connectivity index (χ0n) is 11.7. The van der Waals surface area contributed by atoms with Crippen molar-refractivity contribution in [3.8, 4) is 0 Å². The molecule has 5 heteroatoms. The van der Waals surface area contributed by atoms with Crippen molar-refractivity contribution < 1.29 is 4.79 Å². The van der Waals surface area contributed by atoms with Crippen LogP contribution in [0.3, 0.4) is 0 Å². The van der Waals surface area contributed by atoms with Gasteiger partial charge in [0.1, 0.15) is 0 Å². The lowest BCUT2D eigenvalue weighted by Gasteiger charge is -2.06. The maximum Gasteiger partial charge on any atom is 0.255 e. The molecule has 0 fully saturated rings. The molecule has 0 saturated heterocycles. The molecular weight excluding hydrogens is 252 g/mol. The highest BCUT2D eigenvalue weighted by atomic mass is 16.1. The summed E-state index contributed by atoms with van der Waals surface area (Å²) in [6, 6.07) is 5.82. The van der Waals surface area contributed by atoms with Gasteiger partial charge in [-0.25, -0.2) is 0 Å². The van der Waals surface area contributed by atoms with E-state index in [0.29, 0.717) is 5.56 Å². The fourth-order valence-corrected chi connectivity index (χ4v) is 2.53. The summed E-state index contributed by atoms with van der Waals surface area (Å²) in [5.74, 6) is -0.0933. The Bertz CT molecular complexity index is 660. The lowest BCUT2D eigenvalue weighted by Crippen LogP contribution is -2.12. The SMILES string of the molecule is CCc1nn(C)cc1NC(=O)c1ccc2c(c1)NCC2. The molecular formula is C15H18N4O. The van der Waals surface area contributed by atoms with Crippen molar-refractivity contribution in [1.29, 1.82) is 0 Å². The number of nitrogens with zero attached hydrogens (tertiary/aromatic N) is 2. The topological polar surface area (TPSA) is 59.0 Å². The van der Waals surface area contributed by atoms with Crippen molar-refractivity contribution >= 4 is 17.3 Å². The first-order valence-electron chi connectivity index (χ1n) is 6.88. The molecule has 0 aliphatic carbocycles. The van der Waals surface area contributed by atoms with E-state index in [-0.39, 0.29) is 5.91 Å². The molecule has 2 aromatic rings. The Kier molecular flexibility index (Phi) is 3.18. The van der Waals surface area contributed by atoms with Gasteiger partial charge in [-0.2, -0.15) is 5.10 Å². The van der Waals surface area contributed by atoms with Gasteiger partial charge in [-0.05, 0) is 30.5 Å². The van der Waals surface area contributed by atoms with E-state index in [1.54, 1.807) is 4.68 Å². The highest BCUT2D eigenvalue weighted by Crippen LogP contribution is 2.24. The van der Waals surface area contributed by atoms with Crippen LogP contribution in [0.4, 0.5) is 11.4 Å². The van der Waals surface area contributed by atoms with Crippen LogP contribution in [0, 0.1) is 0 Å². The Balaban J connectivity index is 1.82. The molecule has 0 radical (unpaired) electrons. The first-order chi connectivity index (χ1) is 9.67. The fraction of sp³-hybridized carbons (Fsp3) is 0.333. The van der Waals surface area contributed by atoms with Crippen LogP contribution in [0.2, 0.25) is 0 Å². The van der Waals surface area contributed by atoms with Gasteiger partial charge in [-0.1, -0.05) is 13.0 Å². The molecule has 1 aliphatic rings. The molecule has 104 valence electrons. The number of carbonyl (C=O) groups is 1. The van der Waals surface area contributed by atoms with Crippen molar-refractivity contribution in [2.24, 2.45) is 7.05 Å². The van der Waals surface area contributed by atoms with E-state index in [2.05, 4.69) is 15.7 Å². The van der Waals surface area contributed by atoms with Gasteiger partial charge in [0.25, 0.3) is 5.91 Å². The third-order valence-electron chi connectivity index (χ3n) is 3.57. The minimum Gasteiger partial charge on any atom is -0.384 e. The normalized spacial score (nSPS) is 12.9. The highest BCUT2D eigenvalue weighted by molar-refractivity contribution is 6.05. The van der Waals surface area contributed by atoms with Crippen LogP contribution in [0.25, 0.3) is 0 Å². The molecule has 1 aromatic heterocycles. The average molecular weight is 270 g/mol. The van der Waals surface area contributed by atoms with Crippen LogP contribution >= 0.6 is 0 Å². The number of hydrogen-bond donors (Lipinski definition) is 2. The van der Waals surface area contributed by atoms with Crippen LogP contribution in [0.1, 0.15) is 28.5 Å². The standard InChI is InChI=1S/C15H18N4O/c1-3-12-14(9-19(2)18-12)17-15(20)11-5-4-10-6-7-16-13(10)8-11/h4-5,8-9,16H,3,6-7H2,1-2H3,(H,17,20). The zero-order chi connectivity index (χ0) is 14.1. The number of anilines is 2. The van der Waals surface area contributed by atoms with Gasteiger partial charge in [-0.3, -0.25) is 9.48 Å². The van der Waals surface area contributed by atoms with Gasteiger partial charge in [0, 0.05) is 31.0 Å². The second-order valence-corrected chi connectivity index (χ2v) is 5.02. The molecule has 2 heterocycles. The Morgan fingerprint density at radius 3 is 3.15 bits per heavy atom. The number of nitrogens with one attached hydrogen (secondary N) is 2. The largest absolute Gasteiger partial charge is 0.384 e. The smallest absolute Gasteiger partial charge is 0.255 e. The second kappa shape index (κ2) is 5.00. The number of benzene rings is 1. The zero-order valence-corrected chi connectivity index (χ0v) is 11.7. The van der Waals surface area contributed by atoms with E-state index in [4.69, 9.17) is 0 Å². The predicted octanol–water partition coefficient (Wildman–Crippen LogP) is 2.20. The van der Waals surface area contributed by atoms with E-state index in [0.717, 1.165) is 36.5 Å². The lowest BCUT2D eigenvalue weighted by molar-refractivity contribution is 0.102. The van der Waals surface area contributed by atoms with Gasteiger partial charge < -0.3 is 10.6 Å². The van der Waals surface area contributed by atoms with Crippen molar-refractivity contribution in [2.75, 3.05) is 17.2 Å². The molecule has 0 bridgehead atoms. The van der Waals surface area contributed by atoms with E-state index in [9.17, 15) is 4.79 Å². The Labute approximate surface area is 118 Å². The summed E-state index contributed by atoms with van der Waals surface area (Å²) >= 11 is 0. The van der Waals surface area contributed by atoms with Crippen molar-refractivity contribution in [2.45, 2.75) is 19.8 Å². The van der Waals surface area contributed by atoms with Gasteiger partial charge in [0.05, 0.1) is 11.4 Å². The van der Waals surface area contributed by atoms with Crippen LogP contribution in [-0.2, 0) is 19.9 Å². The maximum atomic E-state index is 12.3. The van der Waals surface area contributed by atoms with Crippen LogP contribution in [-0.4, -0.2) is 22.2 Å². The molecule has 1 aromatic carbocycles. The number of carbonyl (C=O) groups excluding carboxylic acids is 1. The number of amides is 1. The van der Waals surface area contributed by atoms with Crippen LogP contribution < -0.4 is 10.6 Å². The number of aromatic nitrogens is 2. The third kappa shape index (κ3) is 2.27. The van der Waals surface area contributed by atoms with E-state index < -0.39 is 0 Å². The summed E-state index contributed by atoms with van der Waals surface area (Å²) < 4.78 is 1.72. The molecule has 1 amide bonds. The summed E-state index contributed by atoms with van der Waals surface area (Å²) in [5, 5.41) is 10.6. The first-order valence-corrected chi connectivity index (χ1v) is 6.88. The van der Waals surface area contributed by atoms with E-state index >= 15 is 0 Å². The molecule has 20 heavy (non-hydrogen) atoms. The van der Waals surface area contributed by atoms with Crippen LogP contribution in [0.15, 0.2) is 24.4 Å². The average Bonchev–Trinajstić information content (AvgIpc) is 3.03. The Morgan fingerprint density at radius 2 is 2.35 bits per heavy atom. The van der Waals surface area contributed by atoms with E-state index in [1.165, 1.54) is 5.56 Å². The quantitative estimate of drug-likeness (QED) is 0.899. The molecule has 3 rings (SSSR count). The second-order valence-electron chi connectivity index (χ2n) is 5.02. The summed E-state index contributed by atoms with van der Waals surface area (Å²) in [7, 11) is 1.86. The summed E-state index contributed by atoms with van der Waals surface area (Å²) in [4.78, 5) is 12.3. The minimum absolute atomic E-state index is 0.0933. The number of rotatable bonds is 3. The minimum atomic E-state index is -0.0933. The van der Waals surface area contributed by atoms with E-state index in [1.807, 2.05) is 38.4 Å². The maximum absolute atomic E-state index is 12.3. The van der Waals surface area contributed by atoms with Crippen LogP contribution in [0.5, 0.6) is 0 Å². The molecule has 5 nitrogen and oxygen atoms in total. The molecule has 1 aliphatic heterocycles. The van der Waals surface area contributed by atoms with Crippen molar-refractivity contribution in [1.82, 2.24) is 9.78 Å². The number of aryl methyl sites for hydroxylation is 2. The molecule has 0 saturated carbocycles. The van der Waals surface area contributed by atoms with Gasteiger partial charge >= 0.3 is 0 Å². The summed E-state index contributed by atoms with van der Waals surface area (Å²) in [5.41, 5.74) is 4.70. The van der Waals surface area contributed by atoms with Gasteiger partial charge in [0.2, 0.25) is 0 Å². The number of hydrogen-bond acceptors (Lipinski definition) is 3. The molecule has 0 spiro atoms.